The highest BCUT2D eigenvalue weighted by Crippen LogP contribution is 2.29. The Morgan fingerprint density at radius 3 is 2.56 bits per heavy atom. The van der Waals surface area contributed by atoms with E-state index < -0.39 is 10.0 Å². The lowest BCUT2D eigenvalue weighted by Crippen LogP contribution is -2.10. The van der Waals surface area contributed by atoms with Gasteiger partial charge in [-0.25, -0.2) is 18.4 Å². The van der Waals surface area contributed by atoms with E-state index in [-0.39, 0.29) is 10.8 Å². The van der Waals surface area contributed by atoms with E-state index in [0.717, 1.165) is 28.5 Å². The van der Waals surface area contributed by atoms with Gasteiger partial charge < -0.3 is 4.98 Å². The second kappa shape index (κ2) is 6.68. The third-order valence-corrected chi connectivity index (χ3v) is 4.89. The van der Waals surface area contributed by atoms with E-state index in [1.54, 1.807) is 12.3 Å². The van der Waals surface area contributed by atoms with Crippen molar-refractivity contribution in [3.05, 3.63) is 65.9 Å². The van der Waals surface area contributed by atoms with Gasteiger partial charge in [0.1, 0.15) is 5.65 Å². The number of hydrogen-bond donors (Lipinski definition) is 2. The lowest BCUT2D eigenvalue weighted by Gasteiger charge is -2.08. The minimum Gasteiger partial charge on any atom is -0.339 e. The monoisotopic (exact) mass is 398 g/mol. The molecule has 1 aromatic carbocycles. The Morgan fingerprint density at radius 1 is 1.04 bits per heavy atom. The van der Waals surface area contributed by atoms with E-state index in [9.17, 15) is 8.42 Å². The molecule has 0 aliphatic heterocycles. The molecular weight excluding hydrogens is 384 g/mol. The predicted octanol–water partition coefficient (Wildman–Crippen LogP) is 4.32. The molecule has 4 rings (SSSR count). The zero-order valence-electron chi connectivity index (χ0n) is 14.3. The summed E-state index contributed by atoms with van der Waals surface area (Å²) >= 11 is 5.99. The number of sulfonamides is 1. The molecule has 136 valence electrons. The number of halogens is 1. The standard InChI is InChI=1S/C19H15ClN4O2S/c1-27(25,26)24-17-10-14(11-21-18(17)20)15-8-7-13-9-16(23-19(13)22-15)12-5-3-2-4-6-12/h2-11,24H,1H3,(H,22,23). The average molecular weight is 399 g/mol. The molecule has 27 heavy (non-hydrogen) atoms. The summed E-state index contributed by atoms with van der Waals surface area (Å²) in [5.74, 6) is 0. The van der Waals surface area contributed by atoms with Crippen LogP contribution in [-0.4, -0.2) is 29.6 Å². The molecule has 0 saturated carbocycles. The van der Waals surface area contributed by atoms with E-state index in [1.807, 2.05) is 48.5 Å². The number of nitrogens with one attached hydrogen (secondary N) is 2. The van der Waals surface area contributed by atoms with Crippen LogP contribution in [0.3, 0.4) is 0 Å². The molecule has 6 nitrogen and oxygen atoms in total. The molecule has 4 aromatic rings. The highest BCUT2D eigenvalue weighted by molar-refractivity contribution is 7.92. The zero-order valence-corrected chi connectivity index (χ0v) is 15.8. The van der Waals surface area contributed by atoms with Gasteiger partial charge in [0.2, 0.25) is 10.0 Å². The summed E-state index contributed by atoms with van der Waals surface area (Å²) in [7, 11) is -3.46. The Kier molecular flexibility index (Phi) is 4.33. The molecule has 0 amide bonds. The molecule has 0 aliphatic carbocycles. The number of nitrogens with zero attached hydrogens (tertiary/aromatic N) is 2. The van der Waals surface area contributed by atoms with Gasteiger partial charge in [0.25, 0.3) is 0 Å². The number of anilines is 1. The summed E-state index contributed by atoms with van der Waals surface area (Å²) in [6, 6.07) is 17.5. The molecule has 0 atom stereocenters. The number of aromatic nitrogens is 3. The number of H-pyrrole nitrogens is 1. The molecule has 0 unspecified atom stereocenters. The first-order chi connectivity index (χ1) is 12.9. The number of hydrogen-bond acceptors (Lipinski definition) is 4. The molecule has 2 N–H and O–H groups in total. The SMILES string of the molecule is CS(=O)(=O)Nc1cc(-c2ccc3cc(-c4ccccc4)[nH]c3n2)cnc1Cl. The molecule has 0 spiro atoms. The summed E-state index contributed by atoms with van der Waals surface area (Å²) in [6.07, 6.45) is 2.62. The second-order valence-electron chi connectivity index (χ2n) is 6.12. The topological polar surface area (TPSA) is 87.7 Å². The van der Waals surface area contributed by atoms with Crippen LogP contribution < -0.4 is 4.72 Å². The lowest BCUT2D eigenvalue weighted by molar-refractivity contribution is 0.607. The van der Waals surface area contributed by atoms with Gasteiger partial charge >= 0.3 is 0 Å². The van der Waals surface area contributed by atoms with Gasteiger partial charge in [0, 0.05) is 22.8 Å². The van der Waals surface area contributed by atoms with Crippen LogP contribution in [0.2, 0.25) is 5.15 Å². The largest absolute Gasteiger partial charge is 0.339 e. The molecule has 3 heterocycles. The summed E-state index contributed by atoms with van der Waals surface area (Å²) in [6.45, 7) is 0. The molecule has 0 saturated heterocycles. The molecule has 0 aliphatic rings. The van der Waals surface area contributed by atoms with Crippen molar-refractivity contribution in [3.8, 4) is 22.5 Å². The van der Waals surface area contributed by atoms with E-state index in [1.165, 1.54) is 0 Å². The molecule has 8 heteroatoms. The quantitative estimate of drug-likeness (QED) is 0.501. The van der Waals surface area contributed by atoms with Crippen LogP contribution in [0.1, 0.15) is 0 Å². The Balaban J connectivity index is 1.75. The Morgan fingerprint density at radius 2 is 1.81 bits per heavy atom. The summed E-state index contributed by atoms with van der Waals surface area (Å²) < 4.78 is 25.4. The fourth-order valence-corrected chi connectivity index (χ4v) is 3.56. The van der Waals surface area contributed by atoms with Gasteiger partial charge in [-0.05, 0) is 29.8 Å². The van der Waals surface area contributed by atoms with Crippen LogP contribution in [0.25, 0.3) is 33.5 Å². The van der Waals surface area contributed by atoms with Crippen LogP contribution in [0, 0.1) is 0 Å². The van der Waals surface area contributed by atoms with E-state index in [2.05, 4.69) is 19.7 Å². The van der Waals surface area contributed by atoms with E-state index in [4.69, 9.17) is 11.6 Å². The van der Waals surface area contributed by atoms with Crippen LogP contribution in [0.15, 0.2) is 60.8 Å². The van der Waals surface area contributed by atoms with Crippen molar-refractivity contribution in [3.63, 3.8) is 0 Å². The molecule has 0 fully saturated rings. The zero-order chi connectivity index (χ0) is 19.0. The molecule has 0 bridgehead atoms. The van der Waals surface area contributed by atoms with Gasteiger partial charge in [-0.1, -0.05) is 41.9 Å². The molecule has 0 radical (unpaired) electrons. The maximum absolute atomic E-state index is 11.5. The van der Waals surface area contributed by atoms with Crippen molar-refractivity contribution in [2.45, 2.75) is 0 Å². The lowest BCUT2D eigenvalue weighted by atomic mass is 10.1. The van der Waals surface area contributed by atoms with Crippen molar-refractivity contribution in [1.29, 1.82) is 0 Å². The molecule has 3 aromatic heterocycles. The number of rotatable bonds is 4. The number of benzene rings is 1. The normalized spacial score (nSPS) is 11.6. The van der Waals surface area contributed by atoms with Crippen LogP contribution in [0.4, 0.5) is 5.69 Å². The van der Waals surface area contributed by atoms with Crippen LogP contribution in [-0.2, 0) is 10.0 Å². The fraction of sp³-hybridized carbons (Fsp3) is 0.0526. The van der Waals surface area contributed by atoms with Crippen LogP contribution in [0.5, 0.6) is 0 Å². The molecular formula is C19H15ClN4O2S. The third-order valence-electron chi connectivity index (χ3n) is 3.99. The highest BCUT2D eigenvalue weighted by atomic mass is 35.5. The number of aromatic amines is 1. The minimum absolute atomic E-state index is 0.0801. The van der Waals surface area contributed by atoms with E-state index in [0.29, 0.717) is 11.3 Å². The summed E-state index contributed by atoms with van der Waals surface area (Å²) in [4.78, 5) is 12.0. The van der Waals surface area contributed by atoms with Gasteiger partial charge in [-0.2, -0.15) is 0 Å². The Bertz CT molecular complexity index is 1240. The first-order valence-corrected chi connectivity index (χ1v) is 10.3. The maximum Gasteiger partial charge on any atom is 0.229 e. The third kappa shape index (κ3) is 3.79. The summed E-state index contributed by atoms with van der Waals surface area (Å²) in [5.41, 5.74) is 4.32. The van der Waals surface area contributed by atoms with Crippen molar-refractivity contribution in [2.75, 3.05) is 11.0 Å². The van der Waals surface area contributed by atoms with Crippen molar-refractivity contribution in [2.24, 2.45) is 0 Å². The highest BCUT2D eigenvalue weighted by Gasteiger charge is 2.11. The van der Waals surface area contributed by atoms with E-state index >= 15 is 0 Å². The maximum atomic E-state index is 11.5. The second-order valence-corrected chi connectivity index (χ2v) is 8.23. The van der Waals surface area contributed by atoms with Crippen molar-refractivity contribution < 1.29 is 8.42 Å². The van der Waals surface area contributed by atoms with Gasteiger partial charge in [0.15, 0.2) is 5.15 Å². The first kappa shape index (κ1) is 17.5. The number of pyridine rings is 2. The minimum atomic E-state index is -3.46. The van der Waals surface area contributed by atoms with Crippen molar-refractivity contribution >= 4 is 38.3 Å². The smallest absolute Gasteiger partial charge is 0.229 e. The fourth-order valence-electron chi connectivity index (χ4n) is 2.80. The average Bonchev–Trinajstić information content (AvgIpc) is 3.06. The van der Waals surface area contributed by atoms with Crippen molar-refractivity contribution in [1.82, 2.24) is 15.0 Å². The number of fused-ring (bicyclic) bond motifs is 1. The summed E-state index contributed by atoms with van der Waals surface area (Å²) in [5, 5.41) is 1.06. The Labute approximate surface area is 161 Å². The van der Waals surface area contributed by atoms with Crippen LogP contribution >= 0.6 is 11.6 Å². The van der Waals surface area contributed by atoms with Gasteiger partial charge in [0.05, 0.1) is 17.6 Å². The first-order valence-electron chi connectivity index (χ1n) is 8.08. The Hall–Kier alpha value is -2.90. The van der Waals surface area contributed by atoms with Gasteiger partial charge in [-0.15, -0.1) is 0 Å². The predicted molar refractivity (Wildman–Crippen MR) is 108 cm³/mol. The van der Waals surface area contributed by atoms with Gasteiger partial charge in [-0.3, -0.25) is 4.72 Å².